The number of alkyl halides is 2. The first-order valence-electron chi connectivity index (χ1n) is 10.3. The Balaban J connectivity index is 1.13. The van der Waals surface area contributed by atoms with Crippen LogP contribution in [0.25, 0.3) is 0 Å². The fraction of sp³-hybridized carbons (Fsp3) is 0.524. The molecular formula is C21H22ClF2N3O5. The molecular weight excluding hydrogens is 448 g/mol. The average molecular weight is 470 g/mol. The van der Waals surface area contributed by atoms with E-state index in [0.29, 0.717) is 22.1 Å². The van der Waals surface area contributed by atoms with Crippen LogP contribution in [0.15, 0.2) is 30.6 Å². The van der Waals surface area contributed by atoms with Crippen molar-refractivity contribution >= 4 is 17.5 Å². The number of aromatic nitrogens is 2. The van der Waals surface area contributed by atoms with Gasteiger partial charge in [0, 0.05) is 22.5 Å². The van der Waals surface area contributed by atoms with Crippen LogP contribution in [-0.4, -0.2) is 52.3 Å². The van der Waals surface area contributed by atoms with Gasteiger partial charge in [0.25, 0.3) is 5.91 Å². The highest BCUT2D eigenvalue weighted by atomic mass is 35.5. The van der Waals surface area contributed by atoms with Crippen molar-refractivity contribution < 1.29 is 32.9 Å². The maximum atomic E-state index is 12.8. The lowest BCUT2D eigenvalue weighted by Crippen LogP contribution is -2.79. The molecule has 1 amide bonds. The van der Waals surface area contributed by atoms with E-state index in [9.17, 15) is 18.7 Å². The van der Waals surface area contributed by atoms with Crippen LogP contribution >= 0.6 is 11.6 Å². The Morgan fingerprint density at radius 3 is 2.91 bits per heavy atom. The molecule has 1 aromatic heterocycles. The first-order valence-corrected chi connectivity index (χ1v) is 10.7. The van der Waals surface area contributed by atoms with Crippen LogP contribution in [0.2, 0.25) is 5.02 Å². The van der Waals surface area contributed by atoms with Gasteiger partial charge >= 0.3 is 6.61 Å². The zero-order valence-corrected chi connectivity index (χ0v) is 17.7. The summed E-state index contributed by atoms with van der Waals surface area (Å²) in [5, 5.41) is 18.3. The van der Waals surface area contributed by atoms with Crippen molar-refractivity contribution in [1.82, 2.24) is 15.1 Å². The molecule has 8 nitrogen and oxygen atoms in total. The summed E-state index contributed by atoms with van der Waals surface area (Å²) in [5.74, 6) is 0.695. The molecule has 2 N–H and O–H groups in total. The number of halogens is 3. The van der Waals surface area contributed by atoms with Crippen LogP contribution in [0, 0.1) is 0 Å². The topological polar surface area (TPSA) is 94.8 Å². The lowest BCUT2D eigenvalue weighted by atomic mass is 9.44. The molecule has 0 radical (unpaired) electrons. The predicted molar refractivity (Wildman–Crippen MR) is 108 cm³/mol. The summed E-state index contributed by atoms with van der Waals surface area (Å²) in [6, 6.07) is 4.97. The minimum absolute atomic E-state index is 0.00556. The molecule has 2 atom stereocenters. The Kier molecular flexibility index (Phi) is 5.26. The molecule has 4 aliphatic rings. The number of hydrogen-bond acceptors (Lipinski definition) is 6. The van der Waals surface area contributed by atoms with Crippen LogP contribution in [0.3, 0.4) is 0 Å². The number of amides is 1. The molecule has 0 spiro atoms. The SMILES string of the molecule is O=C(NC12CC(n3cc(OCCOC(F)F)cn3)(C1)C2)[C@H]1C[C@@H](O)c2cc(Cl)ccc2O1. The normalized spacial score (nSPS) is 30.0. The molecule has 2 heterocycles. The van der Waals surface area contributed by atoms with Gasteiger partial charge in [-0.3, -0.25) is 9.48 Å². The number of aliphatic hydroxyl groups excluding tert-OH is 1. The highest BCUT2D eigenvalue weighted by Gasteiger charge is 2.70. The summed E-state index contributed by atoms with van der Waals surface area (Å²) in [6.45, 7) is -3.02. The number of nitrogens with zero attached hydrogens (tertiary/aromatic N) is 2. The monoisotopic (exact) mass is 469 g/mol. The van der Waals surface area contributed by atoms with E-state index in [1.807, 2.05) is 4.68 Å². The van der Waals surface area contributed by atoms with Gasteiger partial charge < -0.3 is 24.6 Å². The fourth-order valence-corrected chi connectivity index (χ4v) is 5.15. The molecule has 32 heavy (non-hydrogen) atoms. The highest BCUT2D eigenvalue weighted by molar-refractivity contribution is 6.30. The Morgan fingerprint density at radius 2 is 2.16 bits per heavy atom. The van der Waals surface area contributed by atoms with Gasteiger partial charge in [-0.25, -0.2) is 0 Å². The number of benzene rings is 1. The molecule has 6 rings (SSSR count). The number of hydrogen-bond donors (Lipinski definition) is 2. The molecule has 11 heteroatoms. The van der Waals surface area contributed by atoms with Gasteiger partial charge in [0.05, 0.1) is 30.6 Å². The predicted octanol–water partition coefficient (Wildman–Crippen LogP) is 2.79. The van der Waals surface area contributed by atoms with Crippen molar-refractivity contribution in [1.29, 1.82) is 0 Å². The summed E-state index contributed by atoms with van der Waals surface area (Å²) in [7, 11) is 0. The zero-order chi connectivity index (χ0) is 22.5. The molecule has 172 valence electrons. The van der Waals surface area contributed by atoms with Crippen molar-refractivity contribution in [2.75, 3.05) is 13.2 Å². The second kappa shape index (κ2) is 7.86. The summed E-state index contributed by atoms with van der Waals surface area (Å²) < 4.78 is 41.1. The first kappa shape index (κ1) is 21.4. The van der Waals surface area contributed by atoms with E-state index in [0.717, 1.165) is 19.3 Å². The largest absolute Gasteiger partial charge is 0.488 e. The molecule has 3 fully saturated rings. The molecule has 1 aromatic carbocycles. The summed E-state index contributed by atoms with van der Waals surface area (Å²) in [5.41, 5.74) is 0.109. The zero-order valence-electron chi connectivity index (χ0n) is 17.0. The van der Waals surface area contributed by atoms with Crippen molar-refractivity contribution in [2.45, 2.75) is 55.6 Å². The van der Waals surface area contributed by atoms with E-state index < -0.39 is 18.8 Å². The van der Waals surface area contributed by atoms with Crippen molar-refractivity contribution in [2.24, 2.45) is 0 Å². The van der Waals surface area contributed by atoms with Crippen molar-refractivity contribution in [3.05, 3.63) is 41.2 Å². The third-order valence-electron chi connectivity index (χ3n) is 6.36. The molecule has 3 saturated carbocycles. The van der Waals surface area contributed by atoms with Gasteiger partial charge in [-0.05, 0) is 37.5 Å². The second-order valence-corrected chi connectivity index (χ2v) is 9.10. The van der Waals surface area contributed by atoms with E-state index in [1.165, 1.54) is 6.20 Å². The maximum absolute atomic E-state index is 12.8. The second-order valence-electron chi connectivity index (χ2n) is 8.66. The number of carbonyl (C=O) groups is 1. The minimum atomic E-state index is -2.82. The van der Waals surface area contributed by atoms with E-state index in [-0.39, 0.29) is 36.6 Å². The van der Waals surface area contributed by atoms with Gasteiger partial charge in [-0.15, -0.1) is 0 Å². The highest BCUT2D eigenvalue weighted by Crippen LogP contribution is 2.65. The summed E-state index contributed by atoms with van der Waals surface area (Å²) in [6.07, 6.45) is 4.01. The van der Waals surface area contributed by atoms with Crippen LogP contribution in [0.5, 0.6) is 11.5 Å². The van der Waals surface area contributed by atoms with Crippen LogP contribution < -0.4 is 14.8 Å². The lowest BCUT2D eigenvalue weighted by molar-refractivity contribution is -0.165. The van der Waals surface area contributed by atoms with Gasteiger partial charge in [0.15, 0.2) is 11.9 Å². The van der Waals surface area contributed by atoms with Crippen molar-refractivity contribution in [3.63, 3.8) is 0 Å². The minimum Gasteiger partial charge on any atom is -0.488 e. The Hall–Kier alpha value is -2.43. The maximum Gasteiger partial charge on any atom is 0.345 e. The van der Waals surface area contributed by atoms with Gasteiger partial charge in [-0.2, -0.15) is 13.9 Å². The van der Waals surface area contributed by atoms with E-state index >= 15 is 0 Å². The Labute approximate surface area is 187 Å². The van der Waals surface area contributed by atoms with E-state index in [4.69, 9.17) is 21.1 Å². The molecule has 2 aromatic rings. The van der Waals surface area contributed by atoms with Crippen molar-refractivity contribution in [3.8, 4) is 11.5 Å². The van der Waals surface area contributed by atoms with Gasteiger partial charge in [0.1, 0.15) is 12.4 Å². The molecule has 0 saturated heterocycles. The van der Waals surface area contributed by atoms with E-state index in [2.05, 4.69) is 15.2 Å². The number of ether oxygens (including phenoxy) is 3. The number of carbonyl (C=O) groups excluding carboxylic acids is 1. The van der Waals surface area contributed by atoms with Crippen LogP contribution in [0.1, 0.15) is 37.4 Å². The molecule has 3 aliphatic carbocycles. The van der Waals surface area contributed by atoms with Gasteiger partial charge in [-0.1, -0.05) is 11.6 Å². The third kappa shape index (κ3) is 3.80. The van der Waals surface area contributed by atoms with Crippen LogP contribution in [0.4, 0.5) is 8.78 Å². The smallest absolute Gasteiger partial charge is 0.345 e. The molecule has 2 bridgehead atoms. The molecule has 0 unspecified atom stereocenters. The van der Waals surface area contributed by atoms with E-state index in [1.54, 1.807) is 24.4 Å². The number of fused-ring (bicyclic) bond motifs is 1. The number of rotatable bonds is 8. The molecule has 1 aliphatic heterocycles. The average Bonchev–Trinajstić information content (AvgIpc) is 3.15. The lowest BCUT2D eigenvalue weighted by Gasteiger charge is -2.70. The Bertz CT molecular complexity index is 1010. The quantitative estimate of drug-likeness (QED) is 0.577. The standard InChI is InChI=1S/C21H22ClF2N3O5/c22-12-1-2-16-14(5-12)15(28)6-17(32-16)18(29)26-20-9-21(10-20,11-20)27-8-13(7-25-27)30-3-4-31-19(23)24/h1-2,5,7-8,15,17,19,28H,3-4,6,9-11H2,(H,26,29)/t15-,17-,20?,21?/m1/s1. The fourth-order valence-electron chi connectivity index (χ4n) is 4.97. The third-order valence-corrected chi connectivity index (χ3v) is 6.60. The first-order chi connectivity index (χ1) is 15.3. The van der Waals surface area contributed by atoms with Gasteiger partial charge in [0.2, 0.25) is 0 Å². The van der Waals surface area contributed by atoms with Crippen LogP contribution in [-0.2, 0) is 15.1 Å². The summed E-state index contributed by atoms with van der Waals surface area (Å²) >= 11 is 5.97. The Morgan fingerprint density at radius 1 is 1.38 bits per heavy atom. The number of aliphatic hydroxyl groups is 1. The summed E-state index contributed by atoms with van der Waals surface area (Å²) in [4.78, 5) is 12.8. The number of nitrogens with one attached hydrogen (secondary N) is 1.